The number of hydrogen-bond acceptors (Lipinski definition) is 4. The number of hydrogen-bond donors (Lipinski definition) is 1. The van der Waals surface area contributed by atoms with Crippen molar-refractivity contribution >= 4 is 33.2 Å². The van der Waals surface area contributed by atoms with Gasteiger partial charge in [-0.1, -0.05) is 0 Å². The van der Waals surface area contributed by atoms with Crippen LogP contribution in [0.2, 0.25) is 0 Å². The molecule has 0 atom stereocenters. The number of nitro benzene ring substituents is 1. The summed E-state index contributed by atoms with van der Waals surface area (Å²) in [4.78, 5) is 21.9. The predicted molar refractivity (Wildman–Crippen MR) is 72.2 cm³/mol. The summed E-state index contributed by atoms with van der Waals surface area (Å²) in [5.41, 5.74) is -0.0459. The number of furan rings is 1. The topological polar surface area (TPSA) is 85.4 Å². The van der Waals surface area contributed by atoms with Gasteiger partial charge in [0.15, 0.2) is 10.4 Å². The zero-order valence-electron chi connectivity index (χ0n) is 10.1. The average Bonchev–Trinajstić information content (AvgIpc) is 2.71. The van der Waals surface area contributed by atoms with Crippen molar-refractivity contribution in [2.24, 2.45) is 0 Å². The minimum atomic E-state index is -0.771. The van der Waals surface area contributed by atoms with E-state index in [2.05, 4.69) is 21.2 Å². The number of aryl methyl sites for hydroxylation is 1. The molecule has 0 bridgehead atoms. The molecule has 0 radical (unpaired) electrons. The first kappa shape index (κ1) is 14.2. The molecular formula is C12H8BrFN2O4. The van der Waals surface area contributed by atoms with E-state index in [1.165, 1.54) is 0 Å². The molecule has 0 aliphatic carbocycles. The van der Waals surface area contributed by atoms with E-state index >= 15 is 0 Å². The molecule has 0 aliphatic rings. The van der Waals surface area contributed by atoms with Gasteiger partial charge in [0.2, 0.25) is 0 Å². The van der Waals surface area contributed by atoms with Crippen molar-refractivity contribution in [3.8, 4) is 0 Å². The van der Waals surface area contributed by atoms with Crippen LogP contribution in [0.4, 0.5) is 15.8 Å². The van der Waals surface area contributed by atoms with Crippen LogP contribution < -0.4 is 5.32 Å². The van der Waals surface area contributed by atoms with Crippen LogP contribution in [0.5, 0.6) is 0 Å². The highest BCUT2D eigenvalue weighted by Crippen LogP contribution is 2.24. The smallest absolute Gasteiger partial charge is 0.291 e. The summed E-state index contributed by atoms with van der Waals surface area (Å²) in [5.74, 6) is -1.46. The van der Waals surface area contributed by atoms with Crippen LogP contribution in [0.3, 0.4) is 0 Å². The molecule has 0 saturated carbocycles. The normalized spacial score (nSPS) is 10.3. The Labute approximate surface area is 120 Å². The first-order valence-corrected chi connectivity index (χ1v) is 6.19. The molecule has 20 heavy (non-hydrogen) atoms. The second kappa shape index (κ2) is 5.41. The maximum atomic E-state index is 13.5. The Bertz CT molecular complexity index is 699. The lowest BCUT2D eigenvalue weighted by molar-refractivity contribution is -0.384. The van der Waals surface area contributed by atoms with Gasteiger partial charge in [0.1, 0.15) is 5.82 Å². The molecule has 1 N–H and O–H groups in total. The monoisotopic (exact) mass is 342 g/mol. The fourth-order valence-corrected chi connectivity index (χ4v) is 2.08. The zero-order chi connectivity index (χ0) is 14.9. The highest BCUT2D eigenvalue weighted by Gasteiger charge is 2.18. The zero-order valence-corrected chi connectivity index (χ0v) is 11.7. The van der Waals surface area contributed by atoms with E-state index in [1.54, 1.807) is 13.0 Å². The summed E-state index contributed by atoms with van der Waals surface area (Å²) in [6.07, 6.45) is 0. The van der Waals surface area contributed by atoms with E-state index < -0.39 is 16.6 Å². The van der Waals surface area contributed by atoms with Gasteiger partial charge in [0.25, 0.3) is 11.6 Å². The van der Waals surface area contributed by atoms with Gasteiger partial charge >= 0.3 is 0 Å². The number of nitro groups is 1. The number of halogens is 2. The van der Waals surface area contributed by atoms with E-state index in [9.17, 15) is 19.3 Å². The third-order valence-corrected chi connectivity index (χ3v) is 2.89. The van der Waals surface area contributed by atoms with Gasteiger partial charge in [0, 0.05) is 17.7 Å². The van der Waals surface area contributed by atoms with Crippen LogP contribution in [0.1, 0.15) is 16.1 Å². The average molecular weight is 343 g/mol. The van der Waals surface area contributed by atoms with Gasteiger partial charge < -0.3 is 9.73 Å². The van der Waals surface area contributed by atoms with Crippen LogP contribution in [-0.2, 0) is 0 Å². The summed E-state index contributed by atoms with van der Waals surface area (Å²) >= 11 is 3.07. The minimum Gasteiger partial charge on any atom is -0.444 e. The summed E-state index contributed by atoms with van der Waals surface area (Å²) in [5, 5.41) is 12.9. The number of amides is 1. The van der Waals surface area contributed by atoms with E-state index in [0.717, 1.165) is 18.2 Å². The van der Waals surface area contributed by atoms with Crippen molar-refractivity contribution in [2.75, 3.05) is 5.32 Å². The molecule has 104 valence electrons. The van der Waals surface area contributed by atoms with Crippen molar-refractivity contribution < 1.29 is 18.5 Å². The number of anilines is 1. The molecule has 0 unspecified atom stereocenters. The lowest BCUT2D eigenvalue weighted by atomic mass is 10.2. The lowest BCUT2D eigenvalue weighted by Crippen LogP contribution is -2.13. The van der Waals surface area contributed by atoms with Gasteiger partial charge in [-0.3, -0.25) is 14.9 Å². The third-order valence-electron chi connectivity index (χ3n) is 2.50. The van der Waals surface area contributed by atoms with Crippen molar-refractivity contribution in [1.82, 2.24) is 0 Å². The number of rotatable bonds is 3. The Morgan fingerprint density at radius 3 is 2.70 bits per heavy atom. The standard InChI is InChI=1S/C12H8BrFN2O4/c1-6-4-10(13)20-11(6)12(17)15-9-5-7(16(18)19)2-3-8(9)14/h2-5H,1H3,(H,15,17). The number of benzene rings is 1. The van der Waals surface area contributed by atoms with Crippen LogP contribution >= 0.6 is 15.9 Å². The predicted octanol–water partition coefficient (Wildman–Crippen LogP) is 3.65. The second-order valence-corrected chi connectivity index (χ2v) is 4.72. The van der Waals surface area contributed by atoms with Crippen LogP contribution in [0.15, 0.2) is 33.4 Å². The molecule has 0 fully saturated rings. The van der Waals surface area contributed by atoms with Crippen molar-refractivity contribution in [3.63, 3.8) is 0 Å². The number of nitrogens with one attached hydrogen (secondary N) is 1. The second-order valence-electron chi connectivity index (χ2n) is 3.94. The molecule has 0 aliphatic heterocycles. The van der Waals surface area contributed by atoms with Gasteiger partial charge in [-0.15, -0.1) is 0 Å². The quantitative estimate of drug-likeness (QED) is 0.681. The molecule has 1 aromatic carbocycles. The molecule has 2 aromatic rings. The van der Waals surface area contributed by atoms with E-state index in [4.69, 9.17) is 4.42 Å². The molecular weight excluding hydrogens is 335 g/mol. The first-order chi connectivity index (χ1) is 9.38. The Balaban J connectivity index is 2.30. The van der Waals surface area contributed by atoms with Crippen molar-refractivity contribution in [1.29, 1.82) is 0 Å². The summed E-state index contributed by atoms with van der Waals surface area (Å²) in [6, 6.07) is 4.46. The van der Waals surface area contributed by atoms with Crippen LogP contribution in [0, 0.1) is 22.9 Å². The van der Waals surface area contributed by atoms with E-state index in [0.29, 0.717) is 10.2 Å². The fraction of sp³-hybridized carbons (Fsp3) is 0.0833. The largest absolute Gasteiger partial charge is 0.444 e. The number of non-ortho nitro benzene ring substituents is 1. The maximum Gasteiger partial charge on any atom is 0.291 e. The van der Waals surface area contributed by atoms with Crippen LogP contribution in [-0.4, -0.2) is 10.8 Å². The minimum absolute atomic E-state index is 0.00258. The van der Waals surface area contributed by atoms with Crippen LogP contribution in [0.25, 0.3) is 0 Å². The van der Waals surface area contributed by atoms with E-state index in [1.807, 2.05) is 0 Å². The molecule has 1 amide bonds. The molecule has 8 heteroatoms. The van der Waals surface area contributed by atoms with Gasteiger partial charge in [0.05, 0.1) is 10.6 Å². The van der Waals surface area contributed by atoms with Crippen molar-refractivity contribution in [2.45, 2.75) is 6.92 Å². The van der Waals surface area contributed by atoms with Gasteiger partial charge in [-0.25, -0.2) is 4.39 Å². The summed E-state index contributed by atoms with van der Waals surface area (Å²) in [7, 11) is 0. The lowest BCUT2D eigenvalue weighted by Gasteiger charge is -2.05. The first-order valence-electron chi connectivity index (χ1n) is 5.39. The Morgan fingerprint density at radius 1 is 1.45 bits per heavy atom. The fourth-order valence-electron chi connectivity index (χ4n) is 1.57. The van der Waals surface area contributed by atoms with Gasteiger partial charge in [-0.05, 0) is 35.0 Å². The molecule has 2 rings (SSSR count). The highest BCUT2D eigenvalue weighted by molar-refractivity contribution is 9.10. The highest BCUT2D eigenvalue weighted by atomic mass is 79.9. The molecule has 0 spiro atoms. The Hall–Kier alpha value is -2.22. The SMILES string of the molecule is Cc1cc(Br)oc1C(=O)Nc1cc([N+](=O)[O-])ccc1F. The molecule has 0 saturated heterocycles. The summed E-state index contributed by atoms with van der Waals surface area (Å²) < 4.78 is 19.0. The number of carbonyl (C=O) groups is 1. The van der Waals surface area contributed by atoms with Crippen molar-refractivity contribution in [3.05, 3.63) is 56.2 Å². The Morgan fingerprint density at radius 2 is 2.15 bits per heavy atom. The maximum absolute atomic E-state index is 13.5. The summed E-state index contributed by atoms with van der Waals surface area (Å²) in [6.45, 7) is 1.65. The number of carbonyl (C=O) groups excluding carboxylic acids is 1. The Kier molecular flexibility index (Phi) is 3.84. The van der Waals surface area contributed by atoms with Gasteiger partial charge in [-0.2, -0.15) is 0 Å². The number of nitrogens with zero attached hydrogens (tertiary/aromatic N) is 1. The van der Waals surface area contributed by atoms with E-state index in [-0.39, 0.29) is 17.1 Å². The molecule has 6 nitrogen and oxygen atoms in total. The molecule has 1 aromatic heterocycles. The third kappa shape index (κ3) is 2.85. The molecule has 1 heterocycles.